The third-order valence-corrected chi connectivity index (χ3v) is 5.05. The quantitative estimate of drug-likeness (QED) is 0.796. The van der Waals surface area contributed by atoms with Crippen molar-refractivity contribution in [2.45, 2.75) is 20.3 Å². The first kappa shape index (κ1) is 19.9. The minimum atomic E-state index is -0.401. The van der Waals surface area contributed by atoms with Crippen molar-refractivity contribution in [3.05, 3.63) is 59.9 Å². The van der Waals surface area contributed by atoms with Gasteiger partial charge in [0.05, 0.1) is 0 Å². The molecule has 1 aliphatic rings. The first-order chi connectivity index (χ1) is 13.4. The highest BCUT2D eigenvalue weighted by molar-refractivity contribution is 5.92. The van der Waals surface area contributed by atoms with Crippen molar-refractivity contribution < 1.29 is 14.0 Å². The molecule has 28 heavy (non-hydrogen) atoms. The van der Waals surface area contributed by atoms with Gasteiger partial charge >= 0.3 is 0 Å². The predicted molar refractivity (Wildman–Crippen MR) is 109 cm³/mol. The van der Waals surface area contributed by atoms with Gasteiger partial charge in [-0.2, -0.15) is 0 Å². The van der Waals surface area contributed by atoms with E-state index in [-0.39, 0.29) is 24.8 Å². The maximum absolute atomic E-state index is 13.5. The zero-order valence-corrected chi connectivity index (χ0v) is 16.4. The Hall–Kier alpha value is -2.89. The van der Waals surface area contributed by atoms with E-state index in [0.29, 0.717) is 18.8 Å². The third-order valence-electron chi connectivity index (χ3n) is 5.05. The molecule has 3 rings (SSSR count). The Morgan fingerprint density at radius 3 is 2.39 bits per heavy atom. The number of rotatable bonds is 5. The van der Waals surface area contributed by atoms with Crippen molar-refractivity contribution in [3.8, 4) is 0 Å². The van der Waals surface area contributed by atoms with Gasteiger partial charge in [-0.3, -0.25) is 9.59 Å². The molecule has 0 aromatic heterocycles. The van der Waals surface area contributed by atoms with Crippen LogP contribution in [0.15, 0.2) is 48.5 Å². The number of anilines is 2. The number of hydrogen-bond acceptors (Lipinski definition) is 3. The largest absolute Gasteiger partial charge is 0.368 e. The number of amides is 2. The van der Waals surface area contributed by atoms with Gasteiger partial charge in [-0.1, -0.05) is 18.2 Å². The lowest BCUT2D eigenvalue weighted by molar-refractivity contribution is -0.131. The Morgan fingerprint density at radius 2 is 1.75 bits per heavy atom. The van der Waals surface area contributed by atoms with Gasteiger partial charge in [-0.15, -0.1) is 0 Å². The van der Waals surface area contributed by atoms with Crippen LogP contribution in [0.25, 0.3) is 0 Å². The Balaban J connectivity index is 1.54. The fourth-order valence-electron chi connectivity index (χ4n) is 3.52. The van der Waals surface area contributed by atoms with Crippen molar-refractivity contribution in [1.29, 1.82) is 0 Å². The Bertz CT molecular complexity index is 847. The van der Waals surface area contributed by atoms with E-state index in [0.717, 1.165) is 13.1 Å². The standard InChI is InChI=1S/C22H26FN3O2/c1-17-5-3-7-20(15-17)24-11-13-25(14-12-24)22(28)9-10-26(18(2)27)21-8-4-6-19(23)16-21/h3-8,15-16H,9-14H2,1-2H3. The number of nitrogens with zero attached hydrogens (tertiary/aromatic N) is 3. The van der Waals surface area contributed by atoms with E-state index in [9.17, 15) is 14.0 Å². The average Bonchev–Trinajstić information content (AvgIpc) is 2.68. The van der Waals surface area contributed by atoms with Gasteiger partial charge in [0.15, 0.2) is 0 Å². The van der Waals surface area contributed by atoms with Gasteiger partial charge in [0.25, 0.3) is 0 Å². The first-order valence-electron chi connectivity index (χ1n) is 9.57. The van der Waals surface area contributed by atoms with Crippen LogP contribution >= 0.6 is 0 Å². The molecule has 0 radical (unpaired) electrons. The van der Waals surface area contributed by atoms with Crippen LogP contribution in [-0.4, -0.2) is 49.4 Å². The van der Waals surface area contributed by atoms with Crippen LogP contribution in [0.3, 0.4) is 0 Å². The Labute approximate surface area is 165 Å². The summed E-state index contributed by atoms with van der Waals surface area (Å²) in [4.78, 5) is 30.1. The van der Waals surface area contributed by atoms with E-state index in [1.54, 1.807) is 12.1 Å². The molecule has 1 saturated heterocycles. The molecule has 0 spiro atoms. The lowest BCUT2D eigenvalue weighted by Gasteiger charge is -2.36. The van der Waals surface area contributed by atoms with Crippen LogP contribution in [0.5, 0.6) is 0 Å². The fourth-order valence-corrected chi connectivity index (χ4v) is 3.52. The van der Waals surface area contributed by atoms with Crippen molar-refractivity contribution in [2.24, 2.45) is 0 Å². The Kier molecular flexibility index (Phi) is 6.29. The number of aryl methyl sites for hydroxylation is 1. The average molecular weight is 383 g/mol. The molecule has 2 amide bonds. The molecule has 0 N–H and O–H groups in total. The highest BCUT2D eigenvalue weighted by Crippen LogP contribution is 2.19. The second-order valence-electron chi connectivity index (χ2n) is 7.11. The van der Waals surface area contributed by atoms with Crippen LogP contribution in [0, 0.1) is 12.7 Å². The molecular weight excluding hydrogens is 357 g/mol. The number of piperazine rings is 1. The number of halogens is 1. The van der Waals surface area contributed by atoms with Gasteiger partial charge in [0, 0.05) is 57.4 Å². The number of benzene rings is 2. The maximum Gasteiger partial charge on any atom is 0.224 e. The summed E-state index contributed by atoms with van der Waals surface area (Å²) in [6.45, 7) is 6.64. The summed E-state index contributed by atoms with van der Waals surface area (Å²) in [5.41, 5.74) is 2.88. The fraction of sp³-hybridized carbons (Fsp3) is 0.364. The SMILES string of the molecule is CC(=O)N(CCC(=O)N1CCN(c2cccc(C)c2)CC1)c1cccc(F)c1. The predicted octanol–water partition coefficient (Wildman–Crippen LogP) is 3.23. The van der Waals surface area contributed by atoms with Crippen molar-refractivity contribution >= 4 is 23.2 Å². The van der Waals surface area contributed by atoms with Gasteiger partial charge in [-0.25, -0.2) is 4.39 Å². The monoisotopic (exact) mass is 383 g/mol. The van der Waals surface area contributed by atoms with Gasteiger partial charge in [0.1, 0.15) is 5.82 Å². The molecule has 0 atom stereocenters. The molecule has 5 nitrogen and oxygen atoms in total. The van der Waals surface area contributed by atoms with E-state index in [4.69, 9.17) is 0 Å². The highest BCUT2D eigenvalue weighted by atomic mass is 19.1. The molecule has 0 saturated carbocycles. The van der Waals surface area contributed by atoms with Crippen molar-refractivity contribution in [1.82, 2.24) is 4.90 Å². The molecular formula is C22H26FN3O2. The zero-order valence-electron chi connectivity index (χ0n) is 16.4. The van der Waals surface area contributed by atoms with E-state index < -0.39 is 5.82 Å². The minimum Gasteiger partial charge on any atom is -0.368 e. The minimum absolute atomic E-state index is 0.0199. The molecule has 1 fully saturated rings. The van der Waals surface area contributed by atoms with E-state index in [1.165, 1.54) is 35.2 Å². The highest BCUT2D eigenvalue weighted by Gasteiger charge is 2.22. The summed E-state index contributed by atoms with van der Waals surface area (Å²) in [5.74, 6) is -0.587. The molecule has 2 aromatic rings. The summed E-state index contributed by atoms with van der Waals surface area (Å²) >= 11 is 0. The summed E-state index contributed by atoms with van der Waals surface area (Å²) in [6, 6.07) is 14.2. The second kappa shape index (κ2) is 8.87. The maximum atomic E-state index is 13.5. The second-order valence-corrected chi connectivity index (χ2v) is 7.11. The van der Waals surface area contributed by atoms with Crippen molar-refractivity contribution in [3.63, 3.8) is 0 Å². The summed E-state index contributed by atoms with van der Waals surface area (Å²) in [5, 5.41) is 0. The Morgan fingerprint density at radius 1 is 1.04 bits per heavy atom. The lowest BCUT2D eigenvalue weighted by Crippen LogP contribution is -2.49. The van der Waals surface area contributed by atoms with E-state index in [1.807, 2.05) is 11.0 Å². The van der Waals surface area contributed by atoms with Gasteiger partial charge in [0.2, 0.25) is 11.8 Å². The molecule has 148 valence electrons. The molecule has 1 heterocycles. The number of hydrogen-bond donors (Lipinski definition) is 0. The molecule has 6 heteroatoms. The molecule has 2 aromatic carbocycles. The summed E-state index contributed by atoms with van der Waals surface area (Å²) in [7, 11) is 0. The van der Waals surface area contributed by atoms with E-state index in [2.05, 4.69) is 30.0 Å². The van der Waals surface area contributed by atoms with Gasteiger partial charge < -0.3 is 14.7 Å². The molecule has 0 unspecified atom stereocenters. The smallest absolute Gasteiger partial charge is 0.224 e. The van der Waals surface area contributed by atoms with Crippen molar-refractivity contribution in [2.75, 3.05) is 42.5 Å². The van der Waals surface area contributed by atoms with Crippen LogP contribution in [0.2, 0.25) is 0 Å². The number of carbonyl (C=O) groups is 2. The van der Waals surface area contributed by atoms with E-state index >= 15 is 0 Å². The topological polar surface area (TPSA) is 43.9 Å². The van der Waals surface area contributed by atoms with Crippen LogP contribution < -0.4 is 9.80 Å². The molecule has 1 aliphatic heterocycles. The third kappa shape index (κ3) is 4.88. The lowest BCUT2D eigenvalue weighted by atomic mass is 10.2. The zero-order chi connectivity index (χ0) is 20.1. The van der Waals surface area contributed by atoms with Gasteiger partial charge in [-0.05, 0) is 42.8 Å². The summed E-state index contributed by atoms with van der Waals surface area (Å²) in [6.07, 6.45) is 0.223. The first-order valence-corrected chi connectivity index (χ1v) is 9.57. The van der Waals surface area contributed by atoms with Crippen LogP contribution in [-0.2, 0) is 9.59 Å². The summed E-state index contributed by atoms with van der Waals surface area (Å²) < 4.78 is 13.5. The van der Waals surface area contributed by atoms with Crippen LogP contribution in [0.4, 0.5) is 15.8 Å². The van der Waals surface area contributed by atoms with Crippen LogP contribution in [0.1, 0.15) is 18.9 Å². The molecule has 0 aliphatic carbocycles. The normalized spacial score (nSPS) is 14.1. The number of carbonyl (C=O) groups excluding carboxylic acids is 2. The molecule has 0 bridgehead atoms.